The van der Waals surface area contributed by atoms with E-state index in [4.69, 9.17) is 21.3 Å². The fourth-order valence-electron chi connectivity index (χ4n) is 3.74. The van der Waals surface area contributed by atoms with Gasteiger partial charge in [0.05, 0.1) is 24.1 Å². The second-order valence-electron chi connectivity index (χ2n) is 8.21. The number of carbonyl (C=O) groups excluding carboxylic acids is 1. The number of nitrogens with zero attached hydrogens (tertiary/aromatic N) is 2. The second-order valence-corrected chi connectivity index (χ2v) is 9.61. The lowest BCUT2D eigenvalue weighted by molar-refractivity contribution is -0.113. The predicted molar refractivity (Wildman–Crippen MR) is 147 cm³/mol. The number of aryl methyl sites for hydroxylation is 2. The highest BCUT2D eigenvalue weighted by molar-refractivity contribution is 8.00. The SMILES string of the molecule is COc1ccccc1-c1cc(-c2ccc(C)cc2)nc(SCC(=O)Nc2cc(Cl)ccc2C)c1C#N. The number of amides is 1. The molecular weight excluding hydrogens is 490 g/mol. The van der Waals surface area contributed by atoms with Crippen molar-refractivity contribution in [3.63, 3.8) is 0 Å². The van der Waals surface area contributed by atoms with Gasteiger partial charge in [-0.15, -0.1) is 0 Å². The van der Waals surface area contributed by atoms with Crippen molar-refractivity contribution < 1.29 is 9.53 Å². The van der Waals surface area contributed by atoms with Gasteiger partial charge in [-0.2, -0.15) is 5.26 Å². The Morgan fingerprint density at radius 2 is 1.81 bits per heavy atom. The second kappa shape index (κ2) is 11.3. The molecule has 0 spiro atoms. The Kier molecular flexibility index (Phi) is 7.94. The number of nitriles is 1. The van der Waals surface area contributed by atoms with Gasteiger partial charge in [-0.25, -0.2) is 4.98 Å². The minimum Gasteiger partial charge on any atom is -0.496 e. The molecule has 1 N–H and O–H groups in total. The van der Waals surface area contributed by atoms with E-state index in [2.05, 4.69) is 11.4 Å². The number of aromatic nitrogens is 1. The van der Waals surface area contributed by atoms with Gasteiger partial charge in [0.15, 0.2) is 0 Å². The topological polar surface area (TPSA) is 75.0 Å². The zero-order valence-electron chi connectivity index (χ0n) is 20.1. The van der Waals surface area contributed by atoms with Crippen LogP contribution in [-0.2, 0) is 4.79 Å². The monoisotopic (exact) mass is 513 g/mol. The summed E-state index contributed by atoms with van der Waals surface area (Å²) in [6, 6.07) is 25.1. The molecule has 0 saturated carbocycles. The summed E-state index contributed by atoms with van der Waals surface area (Å²) in [5.41, 5.74) is 6.22. The zero-order chi connectivity index (χ0) is 25.7. The molecule has 0 saturated heterocycles. The van der Waals surface area contributed by atoms with Crippen LogP contribution >= 0.6 is 23.4 Å². The quantitative estimate of drug-likeness (QED) is 0.262. The summed E-state index contributed by atoms with van der Waals surface area (Å²) in [7, 11) is 1.60. The van der Waals surface area contributed by atoms with Crippen LogP contribution in [-0.4, -0.2) is 23.8 Å². The molecule has 0 fully saturated rings. The van der Waals surface area contributed by atoms with Crippen molar-refractivity contribution in [2.45, 2.75) is 18.9 Å². The number of benzene rings is 3. The zero-order valence-corrected chi connectivity index (χ0v) is 21.7. The standard InChI is InChI=1S/C29H24ClN3O2S/c1-18-8-11-20(12-9-18)26-15-23(22-6-4-5-7-27(22)35-3)24(16-31)29(33-26)36-17-28(34)32-25-14-21(30)13-10-19(25)2/h4-15H,17H2,1-3H3,(H,32,34). The van der Waals surface area contributed by atoms with E-state index in [1.54, 1.807) is 19.2 Å². The highest BCUT2D eigenvalue weighted by Gasteiger charge is 2.19. The van der Waals surface area contributed by atoms with E-state index in [9.17, 15) is 10.1 Å². The fraction of sp³-hybridized carbons (Fsp3) is 0.138. The third kappa shape index (κ3) is 5.71. The molecule has 0 atom stereocenters. The number of nitrogens with one attached hydrogen (secondary N) is 1. The van der Waals surface area contributed by atoms with Gasteiger partial charge in [0.1, 0.15) is 16.8 Å². The van der Waals surface area contributed by atoms with E-state index in [1.807, 2.05) is 74.5 Å². The molecule has 7 heteroatoms. The minimum atomic E-state index is -0.212. The summed E-state index contributed by atoms with van der Waals surface area (Å²) < 4.78 is 5.57. The smallest absolute Gasteiger partial charge is 0.234 e. The van der Waals surface area contributed by atoms with Gasteiger partial charge >= 0.3 is 0 Å². The van der Waals surface area contributed by atoms with Crippen molar-refractivity contribution in [2.75, 3.05) is 18.2 Å². The molecule has 3 aromatic carbocycles. The molecular formula is C29H24ClN3O2S. The highest BCUT2D eigenvalue weighted by atomic mass is 35.5. The molecule has 0 unspecified atom stereocenters. The summed E-state index contributed by atoms with van der Waals surface area (Å²) >= 11 is 7.31. The Morgan fingerprint density at radius 3 is 2.53 bits per heavy atom. The molecule has 0 aliphatic carbocycles. The number of para-hydroxylation sites is 1. The molecule has 1 aromatic heterocycles. The van der Waals surface area contributed by atoms with E-state index in [0.717, 1.165) is 22.3 Å². The van der Waals surface area contributed by atoms with E-state index in [-0.39, 0.29) is 11.7 Å². The molecule has 5 nitrogen and oxygen atoms in total. The summed E-state index contributed by atoms with van der Waals surface area (Å²) in [6.07, 6.45) is 0. The van der Waals surface area contributed by atoms with E-state index in [0.29, 0.717) is 38.3 Å². The number of carbonyl (C=O) groups is 1. The van der Waals surface area contributed by atoms with Crippen LogP contribution in [0.25, 0.3) is 22.4 Å². The number of hydrogen-bond donors (Lipinski definition) is 1. The van der Waals surface area contributed by atoms with Crippen LogP contribution in [0.3, 0.4) is 0 Å². The van der Waals surface area contributed by atoms with Crippen LogP contribution in [0.1, 0.15) is 16.7 Å². The van der Waals surface area contributed by atoms with E-state index in [1.165, 1.54) is 11.8 Å². The van der Waals surface area contributed by atoms with Crippen molar-refractivity contribution in [1.82, 2.24) is 4.98 Å². The lowest BCUT2D eigenvalue weighted by atomic mass is 9.98. The van der Waals surface area contributed by atoms with E-state index < -0.39 is 0 Å². The Morgan fingerprint density at radius 1 is 1.06 bits per heavy atom. The number of anilines is 1. The first-order valence-corrected chi connectivity index (χ1v) is 12.6. The van der Waals surface area contributed by atoms with Gasteiger partial charge in [-0.3, -0.25) is 4.79 Å². The molecule has 0 bridgehead atoms. The molecule has 1 amide bonds. The van der Waals surface area contributed by atoms with Crippen LogP contribution in [0, 0.1) is 25.2 Å². The summed E-state index contributed by atoms with van der Waals surface area (Å²) in [5, 5.41) is 14.1. The minimum absolute atomic E-state index is 0.0797. The van der Waals surface area contributed by atoms with Gasteiger partial charge in [-0.05, 0) is 43.7 Å². The average molecular weight is 514 g/mol. The van der Waals surface area contributed by atoms with Gasteiger partial charge < -0.3 is 10.1 Å². The molecule has 180 valence electrons. The maximum absolute atomic E-state index is 12.8. The third-order valence-corrected chi connectivity index (χ3v) is 6.87. The third-order valence-electron chi connectivity index (χ3n) is 5.66. The summed E-state index contributed by atoms with van der Waals surface area (Å²) in [4.78, 5) is 17.6. The first-order valence-electron chi connectivity index (χ1n) is 11.2. The fourth-order valence-corrected chi connectivity index (χ4v) is 4.71. The predicted octanol–water partition coefficient (Wildman–Crippen LogP) is 7.30. The molecule has 4 aromatic rings. The first kappa shape index (κ1) is 25.3. The number of ether oxygens (including phenoxy) is 1. The highest BCUT2D eigenvalue weighted by Crippen LogP contribution is 2.38. The van der Waals surface area contributed by atoms with Crippen molar-refractivity contribution in [2.24, 2.45) is 0 Å². The van der Waals surface area contributed by atoms with E-state index >= 15 is 0 Å². The molecule has 0 aliphatic rings. The van der Waals surface area contributed by atoms with Gasteiger partial charge in [-0.1, -0.05) is 77.5 Å². The number of methoxy groups -OCH3 is 1. The largest absolute Gasteiger partial charge is 0.496 e. The number of pyridine rings is 1. The summed E-state index contributed by atoms with van der Waals surface area (Å²) in [5.74, 6) is 0.520. The normalized spacial score (nSPS) is 10.5. The van der Waals surface area contributed by atoms with Crippen LogP contribution in [0.2, 0.25) is 5.02 Å². The molecule has 0 aliphatic heterocycles. The Bertz CT molecular complexity index is 1460. The van der Waals surface area contributed by atoms with Crippen LogP contribution in [0.4, 0.5) is 5.69 Å². The van der Waals surface area contributed by atoms with Gasteiger partial charge in [0.25, 0.3) is 0 Å². The number of halogens is 1. The van der Waals surface area contributed by atoms with Crippen molar-refractivity contribution in [3.05, 3.63) is 94.5 Å². The van der Waals surface area contributed by atoms with Crippen LogP contribution in [0.15, 0.2) is 77.8 Å². The Balaban J connectivity index is 1.73. The van der Waals surface area contributed by atoms with Gasteiger partial charge in [0, 0.05) is 27.4 Å². The van der Waals surface area contributed by atoms with Crippen molar-refractivity contribution >= 4 is 35.0 Å². The Hall–Kier alpha value is -3.79. The lowest BCUT2D eigenvalue weighted by Crippen LogP contribution is -2.15. The Labute approximate surface area is 220 Å². The number of rotatable bonds is 7. The number of thioether (sulfide) groups is 1. The average Bonchev–Trinajstić information content (AvgIpc) is 2.89. The summed E-state index contributed by atoms with van der Waals surface area (Å²) in [6.45, 7) is 3.93. The maximum atomic E-state index is 12.8. The van der Waals surface area contributed by atoms with Crippen LogP contribution < -0.4 is 10.1 Å². The molecule has 0 radical (unpaired) electrons. The maximum Gasteiger partial charge on any atom is 0.234 e. The number of hydrogen-bond acceptors (Lipinski definition) is 5. The molecule has 36 heavy (non-hydrogen) atoms. The molecule has 4 rings (SSSR count). The van der Waals surface area contributed by atoms with Crippen molar-refractivity contribution in [3.8, 4) is 34.2 Å². The first-order chi connectivity index (χ1) is 17.4. The lowest BCUT2D eigenvalue weighted by Gasteiger charge is -2.15. The van der Waals surface area contributed by atoms with Crippen molar-refractivity contribution in [1.29, 1.82) is 5.26 Å². The van der Waals surface area contributed by atoms with Crippen LogP contribution in [0.5, 0.6) is 5.75 Å². The van der Waals surface area contributed by atoms with Gasteiger partial charge in [0.2, 0.25) is 5.91 Å². The molecule has 1 heterocycles.